The lowest BCUT2D eigenvalue weighted by Crippen LogP contribution is -2.47. The minimum absolute atomic E-state index is 0.0973. The standard InChI is InChI=1S/C14H22N2O3/c1-9-4-5-12(8-17)7-16(9)14(18)6-13-10(2)15-19-11(13)3/h9,12,17H,4-8H2,1-3H3. The predicted molar refractivity (Wildman–Crippen MR) is 70.7 cm³/mol. The van der Waals surface area contributed by atoms with Gasteiger partial charge in [-0.1, -0.05) is 5.16 Å². The molecule has 1 saturated heterocycles. The Kier molecular flexibility index (Phi) is 4.24. The molecule has 2 rings (SSSR count). The Labute approximate surface area is 113 Å². The number of hydrogen-bond donors (Lipinski definition) is 1. The van der Waals surface area contributed by atoms with E-state index in [0.717, 1.165) is 24.1 Å². The molecule has 1 amide bonds. The van der Waals surface area contributed by atoms with Gasteiger partial charge >= 0.3 is 0 Å². The first kappa shape index (κ1) is 14.1. The third kappa shape index (κ3) is 2.97. The van der Waals surface area contributed by atoms with E-state index in [1.54, 1.807) is 0 Å². The summed E-state index contributed by atoms with van der Waals surface area (Å²) in [5.74, 6) is 1.03. The Bertz CT molecular complexity index is 436. The van der Waals surface area contributed by atoms with Crippen molar-refractivity contribution in [2.45, 2.75) is 46.1 Å². The maximum absolute atomic E-state index is 12.4. The van der Waals surface area contributed by atoms with Crippen LogP contribution in [0.5, 0.6) is 0 Å². The van der Waals surface area contributed by atoms with Gasteiger partial charge in [0, 0.05) is 24.8 Å². The first-order valence-corrected chi connectivity index (χ1v) is 6.85. The summed E-state index contributed by atoms with van der Waals surface area (Å²) < 4.78 is 5.09. The number of nitrogens with zero attached hydrogens (tertiary/aromatic N) is 2. The van der Waals surface area contributed by atoms with Crippen LogP contribution in [0, 0.1) is 19.8 Å². The van der Waals surface area contributed by atoms with Gasteiger partial charge in [0.15, 0.2) is 0 Å². The Morgan fingerprint density at radius 1 is 1.47 bits per heavy atom. The molecular formula is C14H22N2O3. The van der Waals surface area contributed by atoms with E-state index in [-0.39, 0.29) is 24.5 Å². The van der Waals surface area contributed by atoms with E-state index in [9.17, 15) is 9.90 Å². The highest BCUT2D eigenvalue weighted by molar-refractivity contribution is 5.79. The van der Waals surface area contributed by atoms with Gasteiger partial charge in [-0.05, 0) is 39.5 Å². The van der Waals surface area contributed by atoms with Crippen LogP contribution in [-0.4, -0.2) is 40.3 Å². The maximum atomic E-state index is 12.4. The number of aliphatic hydroxyl groups excluding tert-OH is 1. The molecule has 1 N–H and O–H groups in total. The predicted octanol–water partition coefficient (Wildman–Crippen LogP) is 1.45. The van der Waals surface area contributed by atoms with Crippen molar-refractivity contribution in [2.75, 3.05) is 13.2 Å². The highest BCUT2D eigenvalue weighted by atomic mass is 16.5. The molecule has 1 aliphatic rings. The number of carbonyl (C=O) groups excluding carboxylic acids is 1. The van der Waals surface area contributed by atoms with Crippen LogP contribution >= 0.6 is 0 Å². The number of aromatic nitrogens is 1. The average Bonchev–Trinajstić information content (AvgIpc) is 2.71. The molecule has 2 heterocycles. The highest BCUT2D eigenvalue weighted by Gasteiger charge is 2.29. The van der Waals surface area contributed by atoms with Crippen LogP contribution in [0.25, 0.3) is 0 Å². The maximum Gasteiger partial charge on any atom is 0.227 e. The number of amides is 1. The minimum atomic E-state index is 0.0973. The molecule has 0 bridgehead atoms. The number of aryl methyl sites for hydroxylation is 2. The van der Waals surface area contributed by atoms with E-state index in [1.165, 1.54) is 0 Å². The second-order valence-corrected chi connectivity index (χ2v) is 5.50. The van der Waals surface area contributed by atoms with Crippen LogP contribution in [0.2, 0.25) is 0 Å². The number of likely N-dealkylation sites (tertiary alicyclic amines) is 1. The molecule has 0 spiro atoms. The minimum Gasteiger partial charge on any atom is -0.396 e. The first-order valence-electron chi connectivity index (χ1n) is 6.85. The third-order valence-corrected chi connectivity index (χ3v) is 4.07. The van der Waals surface area contributed by atoms with Gasteiger partial charge < -0.3 is 14.5 Å². The second-order valence-electron chi connectivity index (χ2n) is 5.50. The van der Waals surface area contributed by atoms with Crippen molar-refractivity contribution in [3.05, 3.63) is 17.0 Å². The fourth-order valence-corrected chi connectivity index (χ4v) is 2.69. The lowest BCUT2D eigenvalue weighted by atomic mass is 9.93. The van der Waals surface area contributed by atoms with E-state index in [4.69, 9.17) is 4.52 Å². The summed E-state index contributed by atoms with van der Waals surface area (Å²) in [5.41, 5.74) is 1.68. The largest absolute Gasteiger partial charge is 0.396 e. The Hall–Kier alpha value is -1.36. The Morgan fingerprint density at radius 2 is 2.21 bits per heavy atom. The fourth-order valence-electron chi connectivity index (χ4n) is 2.69. The molecule has 0 aromatic carbocycles. The summed E-state index contributed by atoms with van der Waals surface area (Å²) in [4.78, 5) is 14.3. The van der Waals surface area contributed by atoms with Gasteiger partial charge in [-0.25, -0.2) is 0 Å². The molecule has 0 aliphatic carbocycles. The van der Waals surface area contributed by atoms with E-state index < -0.39 is 0 Å². The normalized spacial score (nSPS) is 23.7. The second kappa shape index (κ2) is 5.74. The molecule has 1 aliphatic heterocycles. The van der Waals surface area contributed by atoms with Gasteiger partial charge in [0.25, 0.3) is 0 Å². The van der Waals surface area contributed by atoms with Gasteiger partial charge in [0.2, 0.25) is 5.91 Å². The van der Waals surface area contributed by atoms with E-state index >= 15 is 0 Å². The van der Waals surface area contributed by atoms with Crippen LogP contribution in [0.3, 0.4) is 0 Å². The number of hydrogen-bond acceptors (Lipinski definition) is 4. The van der Waals surface area contributed by atoms with Gasteiger partial charge in [0.1, 0.15) is 5.76 Å². The third-order valence-electron chi connectivity index (χ3n) is 4.07. The Balaban J connectivity index is 2.06. The van der Waals surface area contributed by atoms with Gasteiger partial charge in [0.05, 0.1) is 12.1 Å². The molecular weight excluding hydrogens is 244 g/mol. The number of aliphatic hydroxyl groups is 1. The van der Waals surface area contributed by atoms with E-state index in [0.29, 0.717) is 18.7 Å². The van der Waals surface area contributed by atoms with Gasteiger partial charge in [-0.3, -0.25) is 4.79 Å². The zero-order chi connectivity index (χ0) is 14.0. The highest BCUT2D eigenvalue weighted by Crippen LogP contribution is 2.23. The van der Waals surface area contributed by atoms with Crippen LogP contribution in [0.15, 0.2) is 4.52 Å². The molecule has 1 aromatic heterocycles. The summed E-state index contributed by atoms with van der Waals surface area (Å²) in [6, 6.07) is 0.246. The van der Waals surface area contributed by atoms with Crippen LogP contribution in [0.1, 0.15) is 36.8 Å². The fraction of sp³-hybridized carbons (Fsp3) is 0.714. The van der Waals surface area contributed by atoms with Crippen molar-refractivity contribution >= 4 is 5.91 Å². The number of carbonyl (C=O) groups is 1. The van der Waals surface area contributed by atoms with Crippen LogP contribution in [0.4, 0.5) is 0 Å². The van der Waals surface area contributed by atoms with Crippen LogP contribution in [-0.2, 0) is 11.2 Å². The smallest absolute Gasteiger partial charge is 0.227 e. The van der Waals surface area contributed by atoms with E-state index in [1.807, 2.05) is 18.7 Å². The molecule has 0 radical (unpaired) electrons. The molecule has 0 saturated carbocycles. The van der Waals surface area contributed by atoms with Crippen molar-refractivity contribution < 1.29 is 14.4 Å². The van der Waals surface area contributed by atoms with Crippen molar-refractivity contribution in [1.29, 1.82) is 0 Å². The zero-order valence-electron chi connectivity index (χ0n) is 11.8. The molecule has 1 aromatic rings. The molecule has 106 valence electrons. The van der Waals surface area contributed by atoms with Crippen molar-refractivity contribution in [3.63, 3.8) is 0 Å². The quantitative estimate of drug-likeness (QED) is 0.899. The van der Waals surface area contributed by atoms with Crippen molar-refractivity contribution in [2.24, 2.45) is 5.92 Å². The summed E-state index contributed by atoms with van der Waals surface area (Å²) in [5, 5.41) is 13.1. The van der Waals surface area contributed by atoms with Gasteiger partial charge in [-0.15, -0.1) is 0 Å². The monoisotopic (exact) mass is 266 g/mol. The SMILES string of the molecule is Cc1noc(C)c1CC(=O)N1CC(CO)CCC1C. The molecule has 5 heteroatoms. The summed E-state index contributed by atoms with van der Waals surface area (Å²) >= 11 is 0. The average molecular weight is 266 g/mol. The molecule has 19 heavy (non-hydrogen) atoms. The van der Waals surface area contributed by atoms with Crippen LogP contribution < -0.4 is 0 Å². The number of rotatable bonds is 3. The molecule has 1 fully saturated rings. The van der Waals surface area contributed by atoms with Crippen molar-refractivity contribution in [3.8, 4) is 0 Å². The van der Waals surface area contributed by atoms with Crippen molar-refractivity contribution in [1.82, 2.24) is 10.1 Å². The lowest BCUT2D eigenvalue weighted by molar-refractivity contribution is -0.135. The van der Waals surface area contributed by atoms with E-state index in [2.05, 4.69) is 12.1 Å². The molecule has 5 nitrogen and oxygen atoms in total. The summed E-state index contributed by atoms with van der Waals surface area (Å²) in [6.07, 6.45) is 2.29. The van der Waals surface area contributed by atoms with Gasteiger partial charge in [-0.2, -0.15) is 0 Å². The lowest BCUT2D eigenvalue weighted by Gasteiger charge is -2.37. The zero-order valence-corrected chi connectivity index (χ0v) is 11.8. The Morgan fingerprint density at radius 3 is 2.79 bits per heavy atom. The molecule has 2 unspecified atom stereocenters. The summed E-state index contributed by atoms with van der Waals surface area (Å²) in [6.45, 7) is 6.56. The summed E-state index contributed by atoms with van der Waals surface area (Å²) in [7, 11) is 0. The topological polar surface area (TPSA) is 66.6 Å². The number of piperidine rings is 1. The molecule has 2 atom stereocenters. The first-order chi connectivity index (χ1) is 9.02.